The van der Waals surface area contributed by atoms with Crippen molar-refractivity contribution in [1.82, 2.24) is 0 Å². The van der Waals surface area contributed by atoms with Crippen LogP contribution in [0.1, 0.15) is 38.7 Å². The van der Waals surface area contributed by atoms with Crippen LogP contribution < -0.4 is 0 Å². The Bertz CT molecular complexity index is 619. The summed E-state index contributed by atoms with van der Waals surface area (Å²) in [5, 5.41) is 0.907. The fourth-order valence-electron chi connectivity index (χ4n) is 3.11. The van der Waals surface area contributed by atoms with E-state index in [1.54, 1.807) is 14.2 Å². The predicted octanol–water partition coefficient (Wildman–Crippen LogP) is 4.63. The fourth-order valence-corrected chi connectivity index (χ4v) is 3.62. The monoisotopic (exact) mass is 438 g/mol. The Hall–Kier alpha value is -1.40. The molecular weight excluding hydrogens is 408 g/mol. The lowest BCUT2D eigenvalue weighted by Gasteiger charge is -2.28. The molecule has 150 valence electrons. The molecule has 1 aromatic carbocycles. The molecule has 27 heavy (non-hydrogen) atoms. The molecule has 0 saturated carbocycles. The number of benzene rings is 1. The van der Waals surface area contributed by atoms with Crippen LogP contribution in [0, 0.1) is 5.92 Å². The zero-order valence-corrected chi connectivity index (χ0v) is 18.3. The van der Waals surface area contributed by atoms with Gasteiger partial charge in [-0.05, 0) is 30.7 Å². The number of alkyl halides is 1. The fraction of sp³-hybridized carbons (Fsp3) is 0.619. The molecule has 1 aliphatic heterocycles. The summed E-state index contributed by atoms with van der Waals surface area (Å²) < 4.78 is 17.2. The standard InChI is InChI=1S/C21H31BrN2O3/c1-15(2)19-21(26-4)23-18(20(24-19)25-3)11-10-17(12-13-22)27-14-16-8-6-5-7-9-16/h5-9,15,17-19H,10-14H2,1-4H3/t17?,18-,19+/m1/s1. The molecule has 1 aromatic rings. The minimum absolute atomic E-state index is 0.0751. The maximum Gasteiger partial charge on any atom is 0.209 e. The third-order valence-corrected chi connectivity index (χ3v) is 5.12. The highest BCUT2D eigenvalue weighted by Gasteiger charge is 2.31. The normalized spacial score (nSPS) is 20.8. The molecular formula is C21H31BrN2O3. The van der Waals surface area contributed by atoms with Crippen LogP contribution >= 0.6 is 15.9 Å². The van der Waals surface area contributed by atoms with Gasteiger partial charge in [0.2, 0.25) is 11.8 Å². The zero-order valence-electron chi connectivity index (χ0n) is 16.7. The minimum atomic E-state index is -0.113. The molecule has 1 unspecified atom stereocenters. The van der Waals surface area contributed by atoms with Gasteiger partial charge in [0.05, 0.1) is 26.9 Å². The van der Waals surface area contributed by atoms with Crippen molar-refractivity contribution in [3.8, 4) is 0 Å². The lowest BCUT2D eigenvalue weighted by atomic mass is 10.0. The first-order valence-corrected chi connectivity index (χ1v) is 10.7. The third-order valence-electron chi connectivity index (χ3n) is 4.66. The van der Waals surface area contributed by atoms with Gasteiger partial charge in [-0.25, -0.2) is 9.98 Å². The summed E-state index contributed by atoms with van der Waals surface area (Å²) in [6.45, 7) is 4.84. The molecule has 0 radical (unpaired) electrons. The molecule has 3 atom stereocenters. The first-order valence-electron chi connectivity index (χ1n) is 9.53. The summed E-state index contributed by atoms with van der Waals surface area (Å²) in [6.07, 6.45) is 2.82. The quantitative estimate of drug-likeness (QED) is 0.527. The Morgan fingerprint density at radius 2 is 1.70 bits per heavy atom. The largest absolute Gasteiger partial charge is 0.483 e. The van der Waals surface area contributed by atoms with E-state index >= 15 is 0 Å². The summed E-state index contributed by atoms with van der Waals surface area (Å²) in [7, 11) is 3.33. The van der Waals surface area contributed by atoms with Gasteiger partial charge in [0.1, 0.15) is 12.1 Å². The van der Waals surface area contributed by atoms with Crippen molar-refractivity contribution in [2.75, 3.05) is 19.5 Å². The van der Waals surface area contributed by atoms with Gasteiger partial charge in [0.25, 0.3) is 0 Å². The van der Waals surface area contributed by atoms with E-state index < -0.39 is 0 Å². The summed E-state index contributed by atoms with van der Waals surface area (Å²) in [5.41, 5.74) is 1.19. The van der Waals surface area contributed by atoms with E-state index in [0.29, 0.717) is 24.3 Å². The zero-order chi connectivity index (χ0) is 19.6. The molecule has 1 aliphatic rings. The Kier molecular flexibility index (Phi) is 9.28. The van der Waals surface area contributed by atoms with Crippen LogP contribution in [0.25, 0.3) is 0 Å². The Balaban J connectivity index is 1.98. The van der Waals surface area contributed by atoms with Crippen LogP contribution in [-0.2, 0) is 20.8 Å². The topological polar surface area (TPSA) is 52.4 Å². The van der Waals surface area contributed by atoms with Crippen molar-refractivity contribution in [2.24, 2.45) is 15.9 Å². The van der Waals surface area contributed by atoms with Crippen LogP contribution in [0.15, 0.2) is 40.3 Å². The van der Waals surface area contributed by atoms with E-state index in [1.807, 2.05) is 18.2 Å². The molecule has 0 aliphatic carbocycles. The van der Waals surface area contributed by atoms with Crippen molar-refractivity contribution in [1.29, 1.82) is 0 Å². The van der Waals surface area contributed by atoms with Gasteiger partial charge in [-0.2, -0.15) is 0 Å². The molecule has 0 fully saturated rings. The van der Waals surface area contributed by atoms with Crippen molar-refractivity contribution < 1.29 is 14.2 Å². The molecule has 0 N–H and O–H groups in total. The number of nitrogens with zero attached hydrogens (tertiary/aromatic N) is 2. The number of hydrogen-bond donors (Lipinski definition) is 0. The van der Waals surface area contributed by atoms with Gasteiger partial charge >= 0.3 is 0 Å². The van der Waals surface area contributed by atoms with Crippen LogP contribution in [0.5, 0.6) is 0 Å². The second kappa shape index (κ2) is 11.4. The van der Waals surface area contributed by atoms with Crippen LogP contribution in [0.3, 0.4) is 0 Å². The second-order valence-electron chi connectivity index (χ2n) is 7.02. The van der Waals surface area contributed by atoms with Gasteiger partial charge in [0, 0.05) is 5.33 Å². The van der Waals surface area contributed by atoms with Crippen molar-refractivity contribution in [3.63, 3.8) is 0 Å². The van der Waals surface area contributed by atoms with E-state index in [2.05, 4.69) is 41.9 Å². The molecule has 6 heteroatoms. The maximum atomic E-state index is 6.15. The van der Waals surface area contributed by atoms with E-state index in [0.717, 1.165) is 24.6 Å². The summed E-state index contributed by atoms with van der Waals surface area (Å²) in [6, 6.07) is 10.1. The number of halogens is 1. The van der Waals surface area contributed by atoms with Crippen LogP contribution in [0.4, 0.5) is 0 Å². The highest BCUT2D eigenvalue weighted by Crippen LogP contribution is 2.22. The Morgan fingerprint density at radius 1 is 1.00 bits per heavy atom. The Morgan fingerprint density at radius 3 is 2.30 bits per heavy atom. The highest BCUT2D eigenvalue weighted by atomic mass is 79.9. The SMILES string of the molecule is COC1=N[C@H](CCC(CCBr)OCc2ccccc2)C(OC)=N[C@H]1C(C)C. The molecule has 2 rings (SSSR count). The Labute approximate surface area is 171 Å². The summed E-state index contributed by atoms with van der Waals surface area (Å²) >= 11 is 3.54. The molecule has 1 heterocycles. The number of ether oxygens (including phenoxy) is 3. The highest BCUT2D eigenvalue weighted by molar-refractivity contribution is 9.09. The van der Waals surface area contributed by atoms with Gasteiger partial charge in [-0.1, -0.05) is 60.1 Å². The number of aliphatic imine (C=N–C) groups is 2. The smallest absolute Gasteiger partial charge is 0.209 e. The van der Waals surface area contributed by atoms with Gasteiger partial charge < -0.3 is 14.2 Å². The molecule has 0 amide bonds. The maximum absolute atomic E-state index is 6.15. The number of hydrogen-bond acceptors (Lipinski definition) is 5. The van der Waals surface area contributed by atoms with Gasteiger partial charge in [0.15, 0.2) is 0 Å². The first kappa shape index (κ1) is 21.9. The molecule has 0 bridgehead atoms. The predicted molar refractivity (Wildman–Crippen MR) is 114 cm³/mol. The number of rotatable bonds is 9. The van der Waals surface area contributed by atoms with Gasteiger partial charge in [-0.15, -0.1) is 0 Å². The average molecular weight is 439 g/mol. The van der Waals surface area contributed by atoms with E-state index in [-0.39, 0.29) is 18.2 Å². The second-order valence-corrected chi connectivity index (χ2v) is 7.81. The lowest BCUT2D eigenvalue weighted by molar-refractivity contribution is 0.0317. The molecule has 0 aromatic heterocycles. The van der Waals surface area contributed by atoms with Crippen molar-refractivity contribution in [3.05, 3.63) is 35.9 Å². The van der Waals surface area contributed by atoms with E-state index in [1.165, 1.54) is 5.56 Å². The van der Waals surface area contributed by atoms with E-state index in [9.17, 15) is 0 Å². The van der Waals surface area contributed by atoms with Crippen molar-refractivity contribution in [2.45, 2.75) is 57.9 Å². The van der Waals surface area contributed by atoms with Gasteiger partial charge in [-0.3, -0.25) is 0 Å². The third kappa shape index (κ3) is 6.61. The summed E-state index contributed by atoms with van der Waals surface area (Å²) in [5.74, 6) is 1.69. The molecule has 0 saturated heterocycles. The molecule has 5 nitrogen and oxygen atoms in total. The minimum Gasteiger partial charge on any atom is -0.483 e. The van der Waals surface area contributed by atoms with Crippen LogP contribution in [0.2, 0.25) is 0 Å². The lowest BCUT2D eigenvalue weighted by Crippen LogP contribution is -2.37. The van der Waals surface area contributed by atoms with E-state index in [4.69, 9.17) is 24.2 Å². The first-order chi connectivity index (χ1) is 13.1. The number of methoxy groups -OCH3 is 2. The molecule has 0 spiro atoms. The van der Waals surface area contributed by atoms with Crippen molar-refractivity contribution >= 4 is 27.7 Å². The average Bonchev–Trinajstić information content (AvgIpc) is 2.70. The summed E-state index contributed by atoms with van der Waals surface area (Å²) in [4.78, 5) is 9.52. The van der Waals surface area contributed by atoms with Crippen LogP contribution in [-0.4, -0.2) is 49.5 Å².